The molecular weight excluding hydrogens is 508 g/mol. The number of hydrogen-bond acceptors (Lipinski definition) is 7. The lowest BCUT2D eigenvalue weighted by molar-refractivity contribution is -0.132. The number of esters is 1. The minimum absolute atomic E-state index is 0.0746. The molecule has 1 N–H and O–H groups in total. The molecule has 0 aliphatic carbocycles. The average Bonchev–Trinajstić information content (AvgIpc) is 3.19. The smallest absolute Gasteiger partial charge is 0.337 e. The molecule has 1 fully saturated rings. The zero-order chi connectivity index (χ0) is 27.6. The summed E-state index contributed by atoms with van der Waals surface area (Å²) in [6.07, 6.45) is 0. The minimum Gasteiger partial charge on any atom is -0.507 e. The number of aliphatic hydroxyl groups excluding tert-OH is 1. The van der Waals surface area contributed by atoms with Gasteiger partial charge in [-0.3, -0.25) is 14.5 Å². The summed E-state index contributed by atoms with van der Waals surface area (Å²) in [5, 5.41) is 11.7. The molecule has 8 nitrogen and oxygen atoms in total. The van der Waals surface area contributed by atoms with Crippen LogP contribution in [0.15, 0.2) is 72.3 Å². The standard InChI is InChI=1S/C29H27ClN2O6/c1-5-38-23-16-19(10-15-22(23)30)26(33)24-25(17-6-11-20(12-7-17)31(2)3)32(28(35)27(24)34)21-13-8-18(9-14-21)29(36)37-4/h6-16,25,33H,5H2,1-4H3/b26-24-. The Bertz CT molecular complexity index is 1410. The Hall–Kier alpha value is -4.30. The van der Waals surface area contributed by atoms with Crippen molar-refractivity contribution in [3.63, 3.8) is 0 Å². The number of ketones is 1. The van der Waals surface area contributed by atoms with Crippen molar-refractivity contribution in [2.45, 2.75) is 13.0 Å². The summed E-state index contributed by atoms with van der Waals surface area (Å²) in [4.78, 5) is 42.0. The van der Waals surface area contributed by atoms with Gasteiger partial charge in [-0.2, -0.15) is 0 Å². The van der Waals surface area contributed by atoms with Crippen molar-refractivity contribution < 1.29 is 29.0 Å². The van der Waals surface area contributed by atoms with E-state index in [-0.39, 0.29) is 16.9 Å². The maximum Gasteiger partial charge on any atom is 0.337 e. The molecule has 0 saturated carbocycles. The average molecular weight is 535 g/mol. The first-order valence-electron chi connectivity index (χ1n) is 11.9. The van der Waals surface area contributed by atoms with Crippen molar-refractivity contribution >= 4 is 46.4 Å². The molecule has 196 valence electrons. The maximum absolute atomic E-state index is 13.4. The highest BCUT2D eigenvalue weighted by Crippen LogP contribution is 2.43. The number of nitrogens with zero attached hydrogens (tertiary/aromatic N) is 2. The fourth-order valence-corrected chi connectivity index (χ4v) is 4.49. The SMILES string of the molecule is CCOc1cc(/C(O)=C2/C(=O)C(=O)N(c3ccc(C(=O)OC)cc3)C2c2ccc(N(C)C)cc2)ccc1Cl. The molecule has 1 atom stereocenters. The maximum atomic E-state index is 13.4. The highest BCUT2D eigenvalue weighted by atomic mass is 35.5. The van der Waals surface area contributed by atoms with E-state index in [1.54, 1.807) is 31.2 Å². The molecular formula is C29H27ClN2O6. The van der Waals surface area contributed by atoms with Crippen molar-refractivity contribution in [1.29, 1.82) is 0 Å². The summed E-state index contributed by atoms with van der Waals surface area (Å²) >= 11 is 6.22. The Morgan fingerprint density at radius 3 is 2.21 bits per heavy atom. The van der Waals surface area contributed by atoms with Gasteiger partial charge in [0, 0.05) is 31.0 Å². The van der Waals surface area contributed by atoms with Crippen LogP contribution in [0.25, 0.3) is 5.76 Å². The summed E-state index contributed by atoms with van der Waals surface area (Å²) in [5.74, 6) is -2.18. The molecule has 0 aromatic heterocycles. The molecule has 1 unspecified atom stereocenters. The van der Waals surface area contributed by atoms with E-state index in [1.165, 1.54) is 30.2 Å². The van der Waals surface area contributed by atoms with Gasteiger partial charge in [0.05, 0.1) is 35.9 Å². The Morgan fingerprint density at radius 1 is 1.00 bits per heavy atom. The first-order chi connectivity index (χ1) is 18.2. The van der Waals surface area contributed by atoms with Gasteiger partial charge in [-0.25, -0.2) is 4.79 Å². The van der Waals surface area contributed by atoms with Gasteiger partial charge in [0.25, 0.3) is 11.7 Å². The van der Waals surface area contributed by atoms with E-state index >= 15 is 0 Å². The number of hydrogen-bond donors (Lipinski definition) is 1. The molecule has 0 bridgehead atoms. The summed E-state index contributed by atoms with van der Waals surface area (Å²) in [5.41, 5.74) is 2.43. The van der Waals surface area contributed by atoms with Crippen molar-refractivity contribution in [2.75, 3.05) is 37.6 Å². The second-order valence-electron chi connectivity index (χ2n) is 8.77. The Labute approximate surface area is 225 Å². The van der Waals surface area contributed by atoms with Gasteiger partial charge < -0.3 is 19.5 Å². The number of ether oxygens (including phenoxy) is 2. The minimum atomic E-state index is -0.929. The van der Waals surface area contributed by atoms with Crippen LogP contribution in [0.5, 0.6) is 5.75 Å². The van der Waals surface area contributed by atoms with Crippen LogP contribution in [-0.4, -0.2) is 50.6 Å². The van der Waals surface area contributed by atoms with Crippen LogP contribution in [0.4, 0.5) is 11.4 Å². The first-order valence-corrected chi connectivity index (χ1v) is 12.2. The first kappa shape index (κ1) is 26.8. The number of anilines is 2. The molecule has 1 amide bonds. The molecule has 3 aromatic rings. The van der Waals surface area contributed by atoms with Gasteiger partial charge in [-0.15, -0.1) is 0 Å². The number of methoxy groups -OCH3 is 1. The predicted octanol–water partition coefficient (Wildman–Crippen LogP) is 5.22. The molecule has 3 aromatic carbocycles. The van der Waals surface area contributed by atoms with Crippen LogP contribution in [0.2, 0.25) is 5.02 Å². The Morgan fingerprint density at radius 2 is 1.63 bits per heavy atom. The fourth-order valence-electron chi connectivity index (χ4n) is 4.32. The number of amides is 1. The zero-order valence-electron chi connectivity index (χ0n) is 21.4. The van der Waals surface area contributed by atoms with Gasteiger partial charge >= 0.3 is 5.97 Å². The van der Waals surface area contributed by atoms with Crippen LogP contribution in [0.1, 0.15) is 34.5 Å². The molecule has 38 heavy (non-hydrogen) atoms. The van der Waals surface area contributed by atoms with Crippen molar-refractivity contribution in [2.24, 2.45) is 0 Å². The summed E-state index contributed by atoms with van der Waals surface area (Å²) < 4.78 is 10.3. The topological polar surface area (TPSA) is 96.4 Å². The molecule has 1 aliphatic rings. The third-order valence-electron chi connectivity index (χ3n) is 6.24. The zero-order valence-corrected chi connectivity index (χ0v) is 22.2. The van der Waals surface area contributed by atoms with Gasteiger partial charge in [0.15, 0.2) is 0 Å². The van der Waals surface area contributed by atoms with Gasteiger partial charge in [-0.1, -0.05) is 23.7 Å². The van der Waals surface area contributed by atoms with Crippen molar-refractivity contribution in [3.8, 4) is 5.75 Å². The highest BCUT2D eigenvalue weighted by Gasteiger charge is 2.47. The summed E-state index contributed by atoms with van der Waals surface area (Å²) in [7, 11) is 5.08. The number of carbonyl (C=O) groups excluding carboxylic acids is 3. The lowest BCUT2D eigenvalue weighted by Crippen LogP contribution is -2.29. The molecule has 1 saturated heterocycles. The summed E-state index contributed by atoms with van der Waals surface area (Å²) in [6, 6.07) is 17.2. The third-order valence-corrected chi connectivity index (χ3v) is 6.55. The molecule has 0 radical (unpaired) electrons. The van der Waals surface area contributed by atoms with Crippen molar-refractivity contribution in [1.82, 2.24) is 0 Å². The number of benzene rings is 3. The normalized spacial score (nSPS) is 16.4. The number of aliphatic hydroxyl groups is 1. The second kappa shape index (κ2) is 11.0. The molecule has 0 spiro atoms. The van der Waals surface area contributed by atoms with Gasteiger partial charge in [-0.05, 0) is 67.1 Å². The summed E-state index contributed by atoms with van der Waals surface area (Å²) in [6.45, 7) is 2.16. The van der Waals surface area contributed by atoms with Crippen LogP contribution in [-0.2, 0) is 14.3 Å². The quantitative estimate of drug-likeness (QED) is 0.192. The number of halogens is 1. The lowest BCUT2D eigenvalue weighted by Gasteiger charge is -2.26. The van der Waals surface area contributed by atoms with E-state index in [9.17, 15) is 19.5 Å². The molecule has 9 heteroatoms. The van der Waals surface area contributed by atoms with Gasteiger partial charge in [0.2, 0.25) is 0 Å². The van der Waals surface area contributed by atoms with Gasteiger partial charge in [0.1, 0.15) is 11.5 Å². The number of rotatable bonds is 7. The highest BCUT2D eigenvalue weighted by molar-refractivity contribution is 6.51. The lowest BCUT2D eigenvalue weighted by atomic mass is 9.94. The monoisotopic (exact) mass is 534 g/mol. The Balaban J connectivity index is 1.89. The van der Waals surface area contributed by atoms with E-state index in [0.717, 1.165) is 5.69 Å². The predicted molar refractivity (Wildman–Crippen MR) is 146 cm³/mol. The van der Waals surface area contributed by atoms with Crippen LogP contribution in [0.3, 0.4) is 0 Å². The fraction of sp³-hybridized carbons (Fsp3) is 0.207. The van der Waals surface area contributed by atoms with E-state index in [2.05, 4.69) is 0 Å². The molecule has 4 rings (SSSR count). The van der Waals surface area contributed by atoms with Crippen LogP contribution in [0, 0.1) is 0 Å². The third kappa shape index (κ3) is 4.95. The second-order valence-corrected chi connectivity index (χ2v) is 9.18. The van der Waals surface area contributed by atoms with E-state index in [4.69, 9.17) is 21.1 Å². The number of Topliss-reactive ketones (excluding diaryl/α,β-unsaturated/α-hetero) is 1. The molecule has 1 heterocycles. The van der Waals surface area contributed by atoms with Crippen LogP contribution >= 0.6 is 11.6 Å². The van der Waals surface area contributed by atoms with Crippen molar-refractivity contribution in [3.05, 3.63) is 94.0 Å². The number of carbonyl (C=O) groups is 3. The van der Waals surface area contributed by atoms with Crippen LogP contribution < -0.4 is 14.5 Å². The Kier molecular flexibility index (Phi) is 7.73. The largest absolute Gasteiger partial charge is 0.507 e. The van der Waals surface area contributed by atoms with E-state index in [0.29, 0.717) is 34.2 Å². The van der Waals surface area contributed by atoms with E-state index < -0.39 is 23.7 Å². The van der Waals surface area contributed by atoms with E-state index in [1.807, 2.05) is 43.3 Å². The molecule has 1 aliphatic heterocycles.